The number of nitrogens with zero attached hydrogens (tertiary/aromatic N) is 3. The second-order valence-corrected chi connectivity index (χ2v) is 8.56. The average Bonchev–Trinajstić information content (AvgIpc) is 3.22. The van der Waals surface area contributed by atoms with Crippen molar-refractivity contribution in [2.45, 2.75) is 32.9 Å². The van der Waals surface area contributed by atoms with E-state index in [1.54, 1.807) is 12.1 Å². The van der Waals surface area contributed by atoms with E-state index < -0.39 is 0 Å². The summed E-state index contributed by atoms with van der Waals surface area (Å²) in [7, 11) is 0. The van der Waals surface area contributed by atoms with Crippen LogP contribution in [0.1, 0.15) is 35.5 Å². The van der Waals surface area contributed by atoms with E-state index in [0.717, 1.165) is 43.2 Å². The van der Waals surface area contributed by atoms with Crippen LogP contribution >= 0.6 is 0 Å². The first-order valence-electron chi connectivity index (χ1n) is 10.7. The molecule has 7 nitrogen and oxygen atoms in total. The molecule has 31 heavy (non-hydrogen) atoms. The Kier molecular flexibility index (Phi) is 6.25. The van der Waals surface area contributed by atoms with E-state index in [4.69, 9.17) is 9.47 Å². The number of fused-ring (bicyclic) bond motifs is 1. The number of ether oxygens (including phenoxy) is 2. The van der Waals surface area contributed by atoms with Crippen molar-refractivity contribution in [2.24, 2.45) is 0 Å². The van der Waals surface area contributed by atoms with Crippen molar-refractivity contribution in [1.29, 1.82) is 0 Å². The number of morpholine rings is 1. The molecule has 7 heteroatoms. The summed E-state index contributed by atoms with van der Waals surface area (Å²) in [6.45, 7) is 10.6. The highest BCUT2D eigenvalue weighted by Gasteiger charge is 2.28. The number of imidazole rings is 1. The van der Waals surface area contributed by atoms with E-state index in [1.807, 2.05) is 48.0 Å². The molecule has 1 saturated heterocycles. The van der Waals surface area contributed by atoms with Crippen LogP contribution in [0, 0.1) is 6.92 Å². The molecule has 0 spiro atoms. The SMILES string of the molecule is Cc1cccn2cc(COc3ccc(C(=O)NCC(C)(C)N4CCOCC4)cc3)nc12. The van der Waals surface area contributed by atoms with Gasteiger partial charge in [0, 0.05) is 43.1 Å². The van der Waals surface area contributed by atoms with E-state index in [0.29, 0.717) is 24.5 Å². The predicted molar refractivity (Wildman–Crippen MR) is 120 cm³/mol. The molecule has 0 bridgehead atoms. The molecule has 1 amide bonds. The Balaban J connectivity index is 1.30. The maximum absolute atomic E-state index is 12.6. The molecule has 0 aliphatic carbocycles. The highest BCUT2D eigenvalue weighted by atomic mass is 16.5. The number of carbonyl (C=O) groups excluding carboxylic acids is 1. The third kappa shape index (κ3) is 5.06. The largest absolute Gasteiger partial charge is 0.487 e. The van der Waals surface area contributed by atoms with Gasteiger partial charge in [-0.1, -0.05) is 6.07 Å². The third-order valence-electron chi connectivity index (χ3n) is 5.78. The Bertz CT molecular complexity index is 1040. The minimum atomic E-state index is -0.116. The van der Waals surface area contributed by atoms with Crippen LogP contribution in [0.3, 0.4) is 0 Å². The molecule has 3 aromatic rings. The average molecular weight is 423 g/mol. The molecular weight excluding hydrogens is 392 g/mol. The van der Waals surface area contributed by atoms with Gasteiger partial charge in [0.05, 0.1) is 18.9 Å². The highest BCUT2D eigenvalue weighted by molar-refractivity contribution is 5.94. The molecule has 0 saturated carbocycles. The molecule has 2 aromatic heterocycles. The summed E-state index contributed by atoms with van der Waals surface area (Å²) in [6.07, 6.45) is 3.95. The van der Waals surface area contributed by atoms with E-state index >= 15 is 0 Å². The van der Waals surface area contributed by atoms with Crippen LogP contribution in [-0.4, -0.2) is 58.6 Å². The maximum atomic E-state index is 12.6. The molecule has 1 fully saturated rings. The normalized spacial score (nSPS) is 15.2. The van der Waals surface area contributed by atoms with Crippen LogP contribution < -0.4 is 10.1 Å². The van der Waals surface area contributed by atoms with Gasteiger partial charge in [-0.2, -0.15) is 0 Å². The Hall–Kier alpha value is -2.90. The van der Waals surface area contributed by atoms with Gasteiger partial charge in [-0.25, -0.2) is 4.98 Å². The van der Waals surface area contributed by atoms with Crippen molar-refractivity contribution in [2.75, 3.05) is 32.8 Å². The predicted octanol–water partition coefficient (Wildman–Crippen LogP) is 3.06. The maximum Gasteiger partial charge on any atom is 0.251 e. The van der Waals surface area contributed by atoms with Crippen LogP contribution in [0.2, 0.25) is 0 Å². The Morgan fingerprint density at radius 3 is 2.65 bits per heavy atom. The van der Waals surface area contributed by atoms with Gasteiger partial charge in [0.15, 0.2) is 0 Å². The first kappa shape index (κ1) is 21.3. The van der Waals surface area contributed by atoms with Crippen LogP contribution in [-0.2, 0) is 11.3 Å². The summed E-state index contributed by atoms with van der Waals surface area (Å²) < 4.78 is 13.3. The van der Waals surface area contributed by atoms with Crippen molar-refractivity contribution >= 4 is 11.6 Å². The fourth-order valence-corrected chi connectivity index (χ4v) is 3.81. The quantitative estimate of drug-likeness (QED) is 0.634. The van der Waals surface area contributed by atoms with E-state index in [1.165, 1.54) is 0 Å². The highest BCUT2D eigenvalue weighted by Crippen LogP contribution is 2.17. The molecule has 0 atom stereocenters. The van der Waals surface area contributed by atoms with E-state index in [2.05, 4.69) is 29.0 Å². The standard InChI is InChI=1S/C24H30N4O3/c1-18-5-4-10-27-15-20(26-22(18)27)16-31-21-8-6-19(7-9-21)23(29)25-17-24(2,3)28-11-13-30-14-12-28/h4-10,15H,11-14,16-17H2,1-3H3,(H,25,29). The molecule has 0 radical (unpaired) electrons. The molecule has 3 heterocycles. The van der Waals surface area contributed by atoms with Crippen LogP contribution in [0.25, 0.3) is 5.65 Å². The number of benzene rings is 1. The Morgan fingerprint density at radius 2 is 1.94 bits per heavy atom. The van der Waals surface area contributed by atoms with Gasteiger partial charge >= 0.3 is 0 Å². The first-order valence-corrected chi connectivity index (χ1v) is 10.7. The minimum absolute atomic E-state index is 0.0799. The first-order chi connectivity index (χ1) is 14.9. The molecule has 1 aliphatic heterocycles. The van der Waals surface area contributed by atoms with Crippen molar-refractivity contribution in [3.63, 3.8) is 0 Å². The zero-order valence-electron chi connectivity index (χ0n) is 18.4. The van der Waals surface area contributed by atoms with Gasteiger partial charge in [0.25, 0.3) is 5.91 Å². The van der Waals surface area contributed by atoms with Gasteiger partial charge in [-0.05, 0) is 56.7 Å². The van der Waals surface area contributed by atoms with Gasteiger partial charge in [-0.15, -0.1) is 0 Å². The van der Waals surface area contributed by atoms with Crippen molar-refractivity contribution < 1.29 is 14.3 Å². The second kappa shape index (κ2) is 9.08. The van der Waals surface area contributed by atoms with Crippen LogP contribution in [0.5, 0.6) is 5.75 Å². The number of aromatic nitrogens is 2. The number of hydrogen-bond acceptors (Lipinski definition) is 5. The summed E-state index contributed by atoms with van der Waals surface area (Å²) in [5.41, 5.74) is 3.43. The molecule has 1 aromatic carbocycles. The number of hydrogen-bond donors (Lipinski definition) is 1. The summed E-state index contributed by atoms with van der Waals surface area (Å²) in [6, 6.07) is 11.3. The fourth-order valence-electron chi connectivity index (χ4n) is 3.81. The molecule has 0 unspecified atom stereocenters. The lowest BCUT2D eigenvalue weighted by atomic mass is 10.0. The zero-order chi connectivity index (χ0) is 21.8. The van der Waals surface area contributed by atoms with E-state index in [-0.39, 0.29) is 11.4 Å². The molecular formula is C24H30N4O3. The van der Waals surface area contributed by atoms with Gasteiger partial charge in [0.2, 0.25) is 0 Å². The van der Waals surface area contributed by atoms with Crippen molar-refractivity contribution in [3.05, 3.63) is 65.6 Å². The summed E-state index contributed by atoms with van der Waals surface area (Å²) >= 11 is 0. The number of carbonyl (C=O) groups is 1. The van der Waals surface area contributed by atoms with E-state index in [9.17, 15) is 4.79 Å². The zero-order valence-corrected chi connectivity index (χ0v) is 18.4. The molecule has 164 valence electrons. The Morgan fingerprint density at radius 1 is 1.19 bits per heavy atom. The van der Waals surface area contributed by atoms with Crippen molar-refractivity contribution in [3.8, 4) is 5.75 Å². The lowest BCUT2D eigenvalue weighted by molar-refractivity contribution is -0.00923. The summed E-state index contributed by atoms with van der Waals surface area (Å²) in [4.78, 5) is 19.6. The number of amides is 1. The van der Waals surface area contributed by atoms with Gasteiger partial charge in [-0.3, -0.25) is 9.69 Å². The molecule has 1 N–H and O–H groups in total. The summed E-state index contributed by atoms with van der Waals surface area (Å²) in [5.74, 6) is 0.627. The second-order valence-electron chi connectivity index (χ2n) is 8.56. The number of pyridine rings is 1. The number of rotatable bonds is 7. The summed E-state index contributed by atoms with van der Waals surface area (Å²) in [5, 5.41) is 3.06. The number of aryl methyl sites for hydroxylation is 1. The smallest absolute Gasteiger partial charge is 0.251 e. The number of nitrogens with one attached hydrogen (secondary N) is 1. The lowest BCUT2D eigenvalue weighted by Crippen LogP contribution is -2.55. The third-order valence-corrected chi connectivity index (χ3v) is 5.78. The van der Waals surface area contributed by atoms with Crippen LogP contribution in [0.4, 0.5) is 0 Å². The molecule has 4 rings (SSSR count). The van der Waals surface area contributed by atoms with Gasteiger partial charge in [0.1, 0.15) is 18.0 Å². The van der Waals surface area contributed by atoms with Crippen LogP contribution in [0.15, 0.2) is 48.8 Å². The van der Waals surface area contributed by atoms with Crippen molar-refractivity contribution in [1.82, 2.24) is 19.6 Å². The Labute approximate surface area is 183 Å². The molecule has 1 aliphatic rings. The topological polar surface area (TPSA) is 68.1 Å². The van der Waals surface area contributed by atoms with Gasteiger partial charge < -0.3 is 19.2 Å². The monoisotopic (exact) mass is 422 g/mol. The minimum Gasteiger partial charge on any atom is -0.487 e. The lowest BCUT2D eigenvalue weighted by Gasteiger charge is -2.40. The fraction of sp³-hybridized carbons (Fsp3) is 0.417.